The first-order valence-corrected chi connectivity index (χ1v) is 5.77. The average Bonchev–Trinajstić information content (AvgIpc) is 2.60. The molecule has 1 aliphatic heterocycles. The summed E-state index contributed by atoms with van der Waals surface area (Å²) in [7, 11) is 0. The van der Waals surface area contributed by atoms with Crippen molar-refractivity contribution >= 4 is 5.69 Å². The summed E-state index contributed by atoms with van der Waals surface area (Å²) in [5.41, 5.74) is 9.72. The molecule has 0 aromatic heterocycles. The maximum Gasteiger partial charge on any atom is 0.0376 e. The van der Waals surface area contributed by atoms with E-state index in [2.05, 4.69) is 37.4 Å². The van der Waals surface area contributed by atoms with Crippen molar-refractivity contribution in [3.05, 3.63) is 29.3 Å². The number of rotatable bonds is 3. The highest BCUT2D eigenvalue weighted by molar-refractivity contribution is 5.58. The van der Waals surface area contributed by atoms with Crippen molar-refractivity contribution in [2.45, 2.75) is 32.7 Å². The maximum absolute atomic E-state index is 5.60. The van der Waals surface area contributed by atoms with Crippen LogP contribution in [-0.4, -0.2) is 12.6 Å². The molecule has 0 saturated heterocycles. The second-order valence-corrected chi connectivity index (χ2v) is 4.67. The molecule has 0 bridgehead atoms. The van der Waals surface area contributed by atoms with Crippen LogP contribution in [0.15, 0.2) is 18.2 Å². The smallest absolute Gasteiger partial charge is 0.0376 e. The first kappa shape index (κ1) is 10.5. The second-order valence-electron chi connectivity index (χ2n) is 4.67. The molecular formula is C13H20N2. The van der Waals surface area contributed by atoms with E-state index in [1.165, 1.54) is 16.8 Å². The lowest BCUT2D eigenvalue weighted by atomic mass is 9.95. The number of fused-ring (bicyclic) bond motifs is 1. The van der Waals surface area contributed by atoms with Gasteiger partial charge >= 0.3 is 0 Å². The summed E-state index contributed by atoms with van der Waals surface area (Å²) in [6.07, 6.45) is 2.25. The van der Waals surface area contributed by atoms with Gasteiger partial charge in [0.05, 0.1) is 0 Å². The van der Waals surface area contributed by atoms with Crippen LogP contribution in [0.25, 0.3) is 0 Å². The van der Waals surface area contributed by atoms with Gasteiger partial charge in [-0.2, -0.15) is 0 Å². The zero-order chi connectivity index (χ0) is 10.8. The summed E-state index contributed by atoms with van der Waals surface area (Å²) >= 11 is 0. The van der Waals surface area contributed by atoms with Gasteiger partial charge in [0.1, 0.15) is 0 Å². The quantitative estimate of drug-likeness (QED) is 0.793. The van der Waals surface area contributed by atoms with Crippen LogP contribution in [-0.2, 0) is 6.42 Å². The maximum atomic E-state index is 5.60. The van der Waals surface area contributed by atoms with Gasteiger partial charge < -0.3 is 11.1 Å². The minimum Gasteiger partial charge on any atom is -0.381 e. The number of nitrogens with two attached hydrogens (primary N) is 1. The van der Waals surface area contributed by atoms with Crippen molar-refractivity contribution in [1.29, 1.82) is 0 Å². The third-order valence-electron chi connectivity index (χ3n) is 3.35. The first-order valence-electron chi connectivity index (χ1n) is 5.77. The predicted molar refractivity (Wildman–Crippen MR) is 65.1 cm³/mol. The van der Waals surface area contributed by atoms with Gasteiger partial charge in [-0.1, -0.05) is 24.6 Å². The molecule has 0 aliphatic carbocycles. The van der Waals surface area contributed by atoms with Crippen molar-refractivity contribution in [2.24, 2.45) is 11.7 Å². The molecule has 0 radical (unpaired) electrons. The normalized spacial score (nSPS) is 20.9. The highest BCUT2D eigenvalue weighted by Gasteiger charge is 2.24. The Kier molecular flexibility index (Phi) is 2.96. The zero-order valence-corrected chi connectivity index (χ0v) is 9.59. The van der Waals surface area contributed by atoms with Crippen molar-refractivity contribution in [1.82, 2.24) is 0 Å². The fourth-order valence-corrected chi connectivity index (χ4v) is 2.33. The van der Waals surface area contributed by atoms with E-state index in [1.54, 1.807) is 0 Å². The topological polar surface area (TPSA) is 38.0 Å². The number of hydrogen-bond acceptors (Lipinski definition) is 2. The summed E-state index contributed by atoms with van der Waals surface area (Å²) in [4.78, 5) is 0. The Bertz CT molecular complexity index is 346. The van der Waals surface area contributed by atoms with E-state index in [-0.39, 0.29) is 0 Å². The van der Waals surface area contributed by atoms with E-state index in [0.717, 1.165) is 19.4 Å². The Morgan fingerprint density at radius 3 is 3.07 bits per heavy atom. The van der Waals surface area contributed by atoms with Crippen molar-refractivity contribution in [2.75, 3.05) is 11.9 Å². The van der Waals surface area contributed by atoms with Gasteiger partial charge in [0.25, 0.3) is 0 Å². The molecule has 2 nitrogen and oxygen atoms in total. The van der Waals surface area contributed by atoms with Gasteiger partial charge in [-0.05, 0) is 43.9 Å². The van der Waals surface area contributed by atoms with Crippen molar-refractivity contribution < 1.29 is 0 Å². The molecule has 0 saturated carbocycles. The van der Waals surface area contributed by atoms with Crippen LogP contribution in [0.1, 0.15) is 24.5 Å². The Morgan fingerprint density at radius 2 is 2.33 bits per heavy atom. The van der Waals surface area contributed by atoms with Crippen LogP contribution in [0, 0.1) is 12.8 Å². The minimum atomic E-state index is 0.574. The van der Waals surface area contributed by atoms with E-state index in [1.807, 2.05) is 0 Å². The van der Waals surface area contributed by atoms with Gasteiger partial charge in [0.15, 0.2) is 0 Å². The molecule has 3 N–H and O–H groups in total. The molecular weight excluding hydrogens is 184 g/mol. The summed E-state index contributed by atoms with van der Waals surface area (Å²) in [6.45, 7) is 5.22. The lowest BCUT2D eigenvalue weighted by Gasteiger charge is -2.19. The summed E-state index contributed by atoms with van der Waals surface area (Å²) in [5.74, 6) is 0.655. The van der Waals surface area contributed by atoms with E-state index >= 15 is 0 Å². The molecule has 1 aromatic carbocycles. The zero-order valence-electron chi connectivity index (χ0n) is 9.59. The molecule has 1 aliphatic rings. The largest absolute Gasteiger partial charge is 0.381 e. The lowest BCUT2D eigenvalue weighted by Crippen LogP contribution is -2.26. The molecule has 2 unspecified atom stereocenters. The summed E-state index contributed by atoms with van der Waals surface area (Å²) < 4.78 is 0. The second kappa shape index (κ2) is 4.23. The van der Waals surface area contributed by atoms with E-state index < -0.39 is 0 Å². The third kappa shape index (κ3) is 2.15. The van der Waals surface area contributed by atoms with E-state index in [9.17, 15) is 0 Å². The van der Waals surface area contributed by atoms with Gasteiger partial charge in [-0.15, -0.1) is 0 Å². The van der Waals surface area contributed by atoms with Crippen molar-refractivity contribution in [3.8, 4) is 0 Å². The summed E-state index contributed by atoms with van der Waals surface area (Å²) in [6, 6.07) is 7.23. The Labute approximate surface area is 91.9 Å². The highest BCUT2D eigenvalue weighted by atomic mass is 15.0. The van der Waals surface area contributed by atoms with Crippen LogP contribution >= 0.6 is 0 Å². The van der Waals surface area contributed by atoms with Gasteiger partial charge in [0, 0.05) is 11.7 Å². The van der Waals surface area contributed by atoms with Gasteiger partial charge in [-0.3, -0.25) is 0 Å². The Morgan fingerprint density at radius 1 is 1.53 bits per heavy atom. The molecule has 2 heteroatoms. The predicted octanol–water partition coefficient (Wildman–Crippen LogP) is 2.32. The number of hydrogen-bond donors (Lipinski definition) is 2. The van der Waals surface area contributed by atoms with Crippen LogP contribution in [0.2, 0.25) is 0 Å². The van der Waals surface area contributed by atoms with Gasteiger partial charge in [0.2, 0.25) is 0 Å². The van der Waals surface area contributed by atoms with Crippen LogP contribution in [0.4, 0.5) is 5.69 Å². The first-order chi connectivity index (χ1) is 7.20. The van der Waals surface area contributed by atoms with Crippen LogP contribution in [0.5, 0.6) is 0 Å². The lowest BCUT2D eigenvalue weighted by molar-refractivity contribution is 0.464. The molecule has 1 heterocycles. The molecule has 82 valence electrons. The number of anilines is 1. The SMILES string of the molecule is Cc1ccc2c(c1)CC(C(C)CCN)N2. The fraction of sp³-hybridized carbons (Fsp3) is 0.538. The molecule has 0 amide bonds. The molecule has 2 rings (SSSR count). The summed E-state index contributed by atoms with van der Waals surface area (Å²) in [5, 5.41) is 3.59. The molecule has 0 fully saturated rings. The fourth-order valence-electron chi connectivity index (χ4n) is 2.33. The number of aryl methyl sites for hydroxylation is 1. The molecule has 2 atom stereocenters. The third-order valence-corrected chi connectivity index (χ3v) is 3.35. The van der Waals surface area contributed by atoms with Crippen LogP contribution in [0.3, 0.4) is 0 Å². The van der Waals surface area contributed by atoms with Crippen molar-refractivity contribution in [3.63, 3.8) is 0 Å². The van der Waals surface area contributed by atoms with E-state index in [4.69, 9.17) is 5.73 Å². The number of nitrogens with one attached hydrogen (secondary N) is 1. The molecule has 1 aromatic rings. The molecule has 15 heavy (non-hydrogen) atoms. The number of benzene rings is 1. The van der Waals surface area contributed by atoms with Crippen LogP contribution < -0.4 is 11.1 Å². The standard InChI is InChI=1S/C13H20N2/c1-9-3-4-12-11(7-9)8-13(15-12)10(2)5-6-14/h3-4,7,10,13,15H,5-6,8,14H2,1-2H3. The average molecular weight is 204 g/mol. The Hall–Kier alpha value is -1.02. The minimum absolute atomic E-state index is 0.574. The van der Waals surface area contributed by atoms with E-state index in [0.29, 0.717) is 12.0 Å². The highest BCUT2D eigenvalue weighted by Crippen LogP contribution is 2.30. The monoisotopic (exact) mass is 204 g/mol. The van der Waals surface area contributed by atoms with Gasteiger partial charge in [-0.25, -0.2) is 0 Å². The molecule has 0 spiro atoms. The Balaban J connectivity index is 2.08.